The number of hydrogen-bond acceptors (Lipinski definition) is 4. The molecule has 4 aromatic carbocycles. The highest BCUT2D eigenvalue weighted by Gasteiger charge is 2.51. The van der Waals surface area contributed by atoms with E-state index in [4.69, 9.17) is 9.84 Å². The van der Waals surface area contributed by atoms with E-state index in [9.17, 15) is 0 Å². The van der Waals surface area contributed by atoms with Crippen molar-refractivity contribution in [3.05, 3.63) is 114 Å². The van der Waals surface area contributed by atoms with Crippen LogP contribution < -0.4 is 4.74 Å². The van der Waals surface area contributed by atoms with Crippen molar-refractivity contribution < 1.29 is 4.74 Å². The summed E-state index contributed by atoms with van der Waals surface area (Å²) in [6.07, 6.45) is 2.80. The lowest BCUT2D eigenvalue weighted by Crippen LogP contribution is -2.59. The second-order valence-corrected chi connectivity index (χ2v) is 10.0. The number of nitrogens with zero attached hydrogens (tertiary/aromatic N) is 3. The monoisotopic (exact) mass is 459 g/mol. The topological polar surface area (TPSA) is 28.1 Å². The van der Waals surface area contributed by atoms with Gasteiger partial charge in [0.2, 0.25) is 5.72 Å². The molecule has 1 saturated heterocycles. The van der Waals surface area contributed by atoms with Crippen LogP contribution in [0.5, 0.6) is 5.75 Å². The Balaban J connectivity index is 1.21. The molecule has 4 nitrogen and oxygen atoms in total. The molecule has 174 valence electrons. The Hall–Kier alpha value is -3.63. The third-order valence-corrected chi connectivity index (χ3v) is 7.87. The molecule has 1 atom stereocenters. The minimum absolute atomic E-state index is 0.224. The van der Waals surface area contributed by atoms with E-state index in [-0.39, 0.29) is 11.8 Å². The molecule has 3 heterocycles. The minimum Gasteiger partial charge on any atom is -0.466 e. The summed E-state index contributed by atoms with van der Waals surface area (Å²) in [4.78, 5) is 2.55. The van der Waals surface area contributed by atoms with Gasteiger partial charge in [0.25, 0.3) is 0 Å². The Morgan fingerprint density at radius 2 is 1.54 bits per heavy atom. The van der Waals surface area contributed by atoms with Gasteiger partial charge < -0.3 is 4.74 Å². The first-order valence-corrected chi connectivity index (χ1v) is 12.7. The Morgan fingerprint density at radius 1 is 0.800 bits per heavy atom. The van der Waals surface area contributed by atoms with Gasteiger partial charge in [0, 0.05) is 44.5 Å². The van der Waals surface area contributed by atoms with Crippen LogP contribution in [0.2, 0.25) is 0 Å². The third kappa shape index (κ3) is 3.60. The standard InChI is InChI=1S/C31H29N3O/c1-2-8-23(9-3-1)22-33-18-16-31(17-19-33)34-29(27-12-6-7-13-30(27)35-31)21-28(32-34)26-15-14-24-10-4-5-11-25(24)20-26/h1-15,20,29H,16-19,21-22H2/t29-/m0/s1. The zero-order valence-corrected chi connectivity index (χ0v) is 19.8. The van der Waals surface area contributed by atoms with Crippen LogP contribution in [0.4, 0.5) is 0 Å². The second-order valence-electron chi connectivity index (χ2n) is 10.0. The number of rotatable bonds is 3. The number of hydrazone groups is 1. The number of piperidine rings is 1. The summed E-state index contributed by atoms with van der Waals surface area (Å²) < 4.78 is 6.82. The maximum atomic E-state index is 6.82. The Labute approximate surface area is 206 Å². The summed E-state index contributed by atoms with van der Waals surface area (Å²) in [5, 5.41) is 10.1. The van der Waals surface area contributed by atoms with Crippen LogP contribution in [-0.2, 0) is 6.54 Å². The first-order chi connectivity index (χ1) is 17.3. The van der Waals surface area contributed by atoms with E-state index in [0.29, 0.717) is 0 Å². The number of para-hydroxylation sites is 1. The van der Waals surface area contributed by atoms with E-state index < -0.39 is 0 Å². The molecule has 4 heteroatoms. The number of likely N-dealkylation sites (tertiary alicyclic amines) is 1. The highest BCUT2D eigenvalue weighted by molar-refractivity contribution is 6.04. The molecule has 7 rings (SSSR count). The molecule has 0 amide bonds. The van der Waals surface area contributed by atoms with Crippen LogP contribution in [0.15, 0.2) is 102 Å². The zero-order valence-electron chi connectivity index (χ0n) is 19.8. The van der Waals surface area contributed by atoms with E-state index in [1.165, 1.54) is 27.5 Å². The summed E-state index contributed by atoms with van der Waals surface area (Å²) >= 11 is 0. The van der Waals surface area contributed by atoms with Gasteiger partial charge in [-0.2, -0.15) is 5.10 Å². The predicted molar refractivity (Wildman–Crippen MR) is 140 cm³/mol. The molecular formula is C31H29N3O. The lowest BCUT2D eigenvalue weighted by molar-refractivity contribution is -0.150. The largest absolute Gasteiger partial charge is 0.466 e. The molecule has 0 unspecified atom stereocenters. The Bertz CT molecular complexity index is 1410. The summed E-state index contributed by atoms with van der Waals surface area (Å²) in [5.41, 5.74) is 4.61. The van der Waals surface area contributed by atoms with Gasteiger partial charge in [-0.15, -0.1) is 0 Å². The van der Waals surface area contributed by atoms with Crippen molar-refractivity contribution in [1.82, 2.24) is 9.91 Å². The van der Waals surface area contributed by atoms with Gasteiger partial charge in [0.05, 0.1) is 11.8 Å². The van der Waals surface area contributed by atoms with Crippen molar-refractivity contribution in [1.29, 1.82) is 0 Å². The first-order valence-electron chi connectivity index (χ1n) is 12.7. The van der Waals surface area contributed by atoms with E-state index in [1.807, 2.05) is 0 Å². The lowest BCUT2D eigenvalue weighted by Gasteiger charge is -2.51. The molecule has 3 aliphatic rings. The maximum Gasteiger partial charge on any atom is 0.200 e. The smallest absolute Gasteiger partial charge is 0.200 e. The fourth-order valence-electron chi connectivity index (χ4n) is 6.00. The van der Waals surface area contributed by atoms with Gasteiger partial charge in [-0.05, 0) is 34.0 Å². The minimum atomic E-state index is -0.384. The molecule has 0 N–H and O–H groups in total. The predicted octanol–water partition coefficient (Wildman–Crippen LogP) is 6.38. The summed E-state index contributed by atoms with van der Waals surface area (Å²) in [5.74, 6) is 1.03. The maximum absolute atomic E-state index is 6.82. The fraction of sp³-hybridized carbons (Fsp3) is 0.258. The molecule has 0 saturated carbocycles. The van der Waals surface area contributed by atoms with Gasteiger partial charge in [0.15, 0.2) is 0 Å². The van der Waals surface area contributed by atoms with Crippen LogP contribution in [-0.4, -0.2) is 34.4 Å². The average Bonchev–Trinajstić information content (AvgIpc) is 3.38. The van der Waals surface area contributed by atoms with E-state index in [2.05, 4.69) is 107 Å². The molecule has 35 heavy (non-hydrogen) atoms. The van der Waals surface area contributed by atoms with Crippen LogP contribution in [0.1, 0.15) is 42.0 Å². The van der Waals surface area contributed by atoms with Crippen molar-refractivity contribution in [3.8, 4) is 5.75 Å². The molecule has 0 aliphatic carbocycles. The highest BCUT2D eigenvalue weighted by atomic mass is 16.5. The van der Waals surface area contributed by atoms with Gasteiger partial charge in [-0.3, -0.25) is 4.90 Å². The second kappa shape index (κ2) is 8.24. The van der Waals surface area contributed by atoms with Crippen molar-refractivity contribution in [2.75, 3.05) is 13.1 Å². The summed E-state index contributed by atoms with van der Waals surface area (Å²) in [6, 6.07) is 34.8. The molecule has 0 radical (unpaired) electrons. The third-order valence-electron chi connectivity index (χ3n) is 7.87. The van der Waals surface area contributed by atoms with Crippen molar-refractivity contribution in [2.45, 2.75) is 37.6 Å². The molecule has 3 aliphatic heterocycles. The molecule has 0 aromatic heterocycles. The average molecular weight is 460 g/mol. The Morgan fingerprint density at radius 3 is 2.40 bits per heavy atom. The van der Waals surface area contributed by atoms with Gasteiger partial charge in [-0.1, -0.05) is 84.9 Å². The summed E-state index contributed by atoms with van der Waals surface area (Å²) in [7, 11) is 0. The van der Waals surface area contributed by atoms with Crippen molar-refractivity contribution in [2.24, 2.45) is 5.10 Å². The van der Waals surface area contributed by atoms with E-state index in [1.54, 1.807) is 0 Å². The Kier molecular flexibility index (Phi) is 4.88. The highest BCUT2D eigenvalue weighted by Crippen LogP contribution is 2.50. The van der Waals surface area contributed by atoms with E-state index >= 15 is 0 Å². The molecule has 0 bridgehead atoms. The number of fused-ring (bicyclic) bond motifs is 5. The first kappa shape index (κ1) is 20.7. The quantitative estimate of drug-likeness (QED) is 0.356. The summed E-state index contributed by atoms with van der Waals surface area (Å²) in [6.45, 7) is 2.99. The van der Waals surface area contributed by atoms with Gasteiger partial charge in [0.1, 0.15) is 5.75 Å². The number of hydrogen-bond donors (Lipinski definition) is 0. The molecule has 1 spiro atoms. The zero-order chi connectivity index (χ0) is 23.2. The van der Waals surface area contributed by atoms with Crippen molar-refractivity contribution >= 4 is 16.5 Å². The van der Waals surface area contributed by atoms with Crippen LogP contribution in [0.25, 0.3) is 10.8 Å². The molecule has 4 aromatic rings. The number of benzene rings is 4. The SMILES string of the molecule is c1ccc(CN2CCC3(CC2)Oc2ccccc2[C@@H]2CC(c4ccc5ccccc5c4)=NN23)cc1. The normalized spacial score (nSPS) is 20.9. The van der Waals surface area contributed by atoms with E-state index in [0.717, 1.165) is 50.4 Å². The fourth-order valence-corrected chi connectivity index (χ4v) is 6.00. The lowest BCUT2D eigenvalue weighted by atomic mass is 9.90. The van der Waals surface area contributed by atoms with Crippen LogP contribution in [0, 0.1) is 0 Å². The van der Waals surface area contributed by atoms with Crippen LogP contribution in [0.3, 0.4) is 0 Å². The van der Waals surface area contributed by atoms with Crippen molar-refractivity contribution in [3.63, 3.8) is 0 Å². The molecular weight excluding hydrogens is 430 g/mol. The van der Waals surface area contributed by atoms with Gasteiger partial charge >= 0.3 is 0 Å². The van der Waals surface area contributed by atoms with Gasteiger partial charge in [-0.25, -0.2) is 5.01 Å². The van der Waals surface area contributed by atoms with Crippen LogP contribution >= 0.6 is 0 Å². The molecule has 1 fully saturated rings. The number of ether oxygens (including phenoxy) is 1.